The fourth-order valence-electron chi connectivity index (χ4n) is 4.74. The molecule has 2 aromatic carbocycles. The van der Waals surface area contributed by atoms with Gasteiger partial charge in [-0.3, -0.25) is 14.4 Å². The largest absolute Gasteiger partial charge is 0.481 e. The van der Waals surface area contributed by atoms with E-state index in [0.717, 1.165) is 37.1 Å². The Morgan fingerprint density at radius 1 is 0.853 bits per heavy atom. The SMILES string of the molecule is CN1CCC2(CC1)c1ccccc1C(=O)c1ccccc12.O=C(O)CC(O)(CC(=O)O)C(=O)O. The molecule has 0 aromatic heterocycles. The number of rotatable bonds is 5. The van der Waals surface area contributed by atoms with Crippen molar-refractivity contribution in [3.8, 4) is 0 Å². The first-order valence-corrected chi connectivity index (χ1v) is 10.8. The van der Waals surface area contributed by atoms with Gasteiger partial charge in [0.2, 0.25) is 0 Å². The monoisotopic (exact) mass is 469 g/mol. The fourth-order valence-corrected chi connectivity index (χ4v) is 4.74. The van der Waals surface area contributed by atoms with Crippen molar-refractivity contribution in [2.24, 2.45) is 0 Å². The average Bonchev–Trinajstić information content (AvgIpc) is 2.78. The topological polar surface area (TPSA) is 152 Å². The molecule has 1 fully saturated rings. The Morgan fingerprint density at radius 2 is 1.26 bits per heavy atom. The summed E-state index contributed by atoms with van der Waals surface area (Å²) in [7, 11) is 2.18. The van der Waals surface area contributed by atoms with E-state index in [2.05, 4.69) is 36.2 Å². The van der Waals surface area contributed by atoms with E-state index < -0.39 is 36.4 Å². The highest BCUT2D eigenvalue weighted by Gasteiger charge is 2.44. The lowest BCUT2D eigenvalue weighted by atomic mass is 9.61. The Hall–Kier alpha value is -3.56. The van der Waals surface area contributed by atoms with Gasteiger partial charge in [0, 0.05) is 16.5 Å². The molecule has 0 saturated carbocycles. The average molecular weight is 469 g/mol. The third-order valence-electron chi connectivity index (χ3n) is 6.50. The van der Waals surface area contributed by atoms with E-state index in [0.29, 0.717) is 0 Å². The van der Waals surface area contributed by atoms with Crippen molar-refractivity contribution >= 4 is 23.7 Å². The summed E-state index contributed by atoms with van der Waals surface area (Å²) in [4.78, 5) is 45.7. The van der Waals surface area contributed by atoms with Crippen LogP contribution in [0.2, 0.25) is 0 Å². The predicted molar refractivity (Wildman–Crippen MR) is 121 cm³/mol. The molecule has 1 saturated heterocycles. The standard InChI is InChI=1S/C19H19NO.C6H8O7/c1-20-12-10-19(11-13-20)16-8-4-2-6-14(16)18(21)15-7-3-5-9-17(15)19;7-3(8)1-6(13,5(11)12)2-4(9)10/h2-9H,10-13H2,1H3;13H,1-2H2,(H,7,8)(H,9,10)(H,11,12). The van der Waals surface area contributed by atoms with E-state index in [1.807, 2.05) is 24.3 Å². The van der Waals surface area contributed by atoms with Crippen LogP contribution in [0, 0.1) is 0 Å². The van der Waals surface area contributed by atoms with Crippen LogP contribution >= 0.6 is 0 Å². The molecule has 1 spiro atoms. The highest BCUT2D eigenvalue weighted by atomic mass is 16.4. The Balaban J connectivity index is 0.000000218. The molecule has 0 unspecified atom stereocenters. The predicted octanol–water partition coefficient (Wildman–Crippen LogP) is 1.99. The highest BCUT2D eigenvalue weighted by molar-refractivity contribution is 6.13. The van der Waals surface area contributed by atoms with E-state index >= 15 is 0 Å². The molecule has 4 rings (SSSR count). The van der Waals surface area contributed by atoms with Gasteiger partial charge in [0.25, 0.3) is 0 Å². The number of piperidine rings is 1. The maximum Gasteiger partial charge on any atom is 0.336 e. The van der Waals surface area contributed by atoms with Gasteiger partial charge in [-0.25, -0.2) is 4.79 Å². The molecule has 4 N–H and O–H groups in total. The second kappa shape index (κ2) is 9.74. The van der Waals surface area contributed by atoms with Crippen molar-refractivity contribution in [1.29, 1.82) is 0 Å². The van der Waals surface area contributed by atoms with Crippen LogP contribution < -0.4 is 0 Å². The van der Waals surface area contributed by atoms with Gasteiger partial charge in [-0.15, -0.1) is 0 Å². The molecule has 2 aromatic rings. The normalized spacial score (nSPS) is 16.6. The number of fused-ring (bicyclic) bond motifs is 4. The number of aliphatic carboxylic acids is 3. The first-order chi connectivity index (χ1) is 16.0. The van der Waals surface area contributed by atoms with Gasteiger partial charge in [-0.1, -0.05) is 48.5 Å². The number of carbonyl (C=O) groups is 4. The number of hydrogen-bond acceptors (Lipinski definition) is 6. The first-order valence-electron chi connectivity index (χ1n) is 10.8. The van der Waals surface area contributed by atoms with Crippen molar-refractivity contribution in [2.45, 2.75) is 36.7 Å². The molecule has 0 atom stereocenters. The minimum absolute atomic E-state index is 0.0214. The van der Waals surface area contributed by atoms with Crippen molar-refractivity contribution in [3.63, 3.8) is 0 Å². The maximum absolute atomic E-state index is 12.8. The number of aliphatic hydroxyl groups is 1. The highest BCUT2D eigenvalue weighted by Crippen LogP contribution is 2.47. The van der Waals surface area contributed by atoms with Gasteiger partial charge in [0.1, 0.15) is 0 Å². The Kier molecular flexibility index (Phi) is 7.18. The van der Waals surface area contributed by atoms with Crippen LogP contribution in [0.5, 0.6) is 0 Å². The summed E-state index contributed by atoms with van der Waals surface area (Å²) >= 11 is 0. The van der Waals surface area contributed by atoms with Gasteiger partial charge in [0.05, 0.1) is 12.8 Å². The third kappa shape index (κ3) is 4.85. The Labute approximate surface area is 196 Å². The first kappa shape index (κ1) is 25.1. The van der Waals surface area contributed by atoms with Crippen LogP contribution in [0.15, 0.2) is 48.5 Å². The van der Waals surface area contributed by atoms with Crippen molar-refractivity contribution in [2.75, 3.05) is 20.1 Å². The number of nitrogens with zero attached hydrogens (tertiary/aromatic N) is 1. The fraction of sp³-hybridized carbons (Fsp3) is 0.360. The molecule has 34 heavy (non-hydrogen) atoms. The van der Waals surface area contributed by atoms with E-state index in [-0.39, 0.29) is 11.2 Å². The summed E-state index contributed by atoms with van der Waals surface area (Å²) in [6.07, 6.45) is -0.112. The molecule has 0 amide bonds. The van der Waals surface area contributed by atoms with E-state index in [1.165, 1.54) is 11.1 Å². The number of ketones is 1. The molecule has 180 valence electrons. The molecular weight excluding hydrogens is 442 g/mol. The van der Waals surface area contributed by atoms with E-state index in [1.54, 1.807) is 0 Å². The van der Waals surface area contributed by atoms with Gasteiger partial charge >= 0.3 is 17.9 Å². The lowest BCUT2D eigenvalue weighted by molar-refractivity contribution is -0.170. The molecule has 1 heterocycles. The summed E-state index contributed by atoms with van der Waals surface area (Å²) < 4.78 is 0. The minimum atomic E-state index is -2.74. The number of carbonyl (C=O) groups excluding carboxylic acids is 1. The molecule has 1 aliphatic carbocycles. The lowest BCUT2D eigenvalue weighted by Crippen LogP contribution is -2.45. The molecule has 9 heteroatoms. The number of carboxylic acids is 3. The number of carboxylic acid groups (broad SMARTS) is 3. The summed E-state index contributed by atoms with van der Waals surface area (Å²) in [6.45, 7) is 2.16. The molecule has 2 aliphatic rings. The van der Waals surface area contributed by atoms with Gasteiger partial charge in [-0.05, 0) is 44.1 Å². The summed E-state index contributed by atoms with van der Waals surface area (Å²) in [6, 6.07) is 16.4. The van der Waals surface area contributed by atoms with Crippen LogP contribution in [0.3, 0.4) is 0 Å². The summed E-state index contributed by atoms with van der Waals surface area (Å²) in [5.74, 6) is -4.83. The quantitative estimate of drug-likeness (QED) is 0.515. The molecule has 1 aliphatic heterocycles. The van der Waals surface area contributed by atoms with Crippen LogP contribution in [-0.4, -0.2) is 74.8 Å². The van der Waals surface area contributed by atoms with Gasteiger partial charge < -0.3 is 25.3 Å². The molecular formula is C25H27NO8. The molecule has 0 bridgehead atoms. The van der Waals surface area contributed by atoms with E-state index in [9.17, 15) is 19.2 Å². The lowest BCUT2D eigenvalue weighted by Gasteiger charge is -2.45. The van der Waals surface area contributed by atoms with Crippen molar-refractivity contribution < 1.29 is 39.6 Å². The number of hydrogen-bond donors (Lipinski definition) is 4. The second-order valence-electron chi connectivity index (χ2n) is 8.78. The zero-order chi connectivity index (χ0) is 25.1. The van der Waals surface area contributed by atoms with Gasteiger partial charge in [0.15, 0.2) is 11.4 Å². The van der Waals surface area contributed by atoms with Crippen LogP contribution in [0.25, 0.3) is 0 Å². The maximum atomic E-state index is 12.8. The molecule has 9 nitrogen and oxygen atoms in total. The van der Waals surface area contributed by atoms with Gasteiger partial charge in [-0.2, -0.15) is 0 Å². The Bertz CT molecular complexity index is 1050. The minimum Gasteiger partial charge on any atom is -0.481 e. The molecule has 0 radical (unpaired) electrons. The summed E-state index contributed by atoms with van der Waals surface area (Å²) in [5.41, 5.74) is 1.57. The van der Waals surface area contributed by atoms with Crippen molar-refractivity contribution in [1.82, 2.24) is 4.90 Å². The zero-order valence-corrected chi connectivity index (χ0v) is 18.7. The zero-order valence-electron chi connectivity index (χ0n) is 18.7. The van der Waals surface area contributed by atoms with Crippen molar-refractivity contribution in [3.05, 3.63) is 70.8 Å². The summed E-state index contributed by atoms with van der Waals surface area (Å²) in [5, 5.41) is 33.8. The van der Waals surface area contributed by atoms with Crippen LogP contribution in [0.1, 0.15) is 52.7 Å². The number of benzene rings is 2. The van der Waals surface area contributed by atoms with Crippen LogP contribution in [-0.2, 0) is 19.8 Å². The second-order valence-corrected chi connectivity index (χ2v) is 8.78. The Morgan fingerprint density at radius 3 is 1.65 bits per heavy atom. The smallest absolute Gasteiger partial charge is 0.336 e. The number of likely N-dealkylation sites (tertiary alicyclic amines) is 1. The van der Waals surface area contributed by atoms with Crippen LogP contribution in [0.4, 0.5) is 0 Å². The third-order valence-corrected chi connectivity index (χ3v) is 6.50. The van der Waals surface area contributed by atoms with E-state index in [4.69, 9.17) is 20.4 Å².